The third-order valence-corrected chi connectivity index (χ3v) is 2.72. The molecule has 20 heavy (non-hydrogen) atoms. The Balaban J connectivity index is 2.11. The number of rotatable bonds is 5. The van der Waals surface area contributed by atoms with Crippen molar-refractivity contribution < 1.29 is 19.1 Å². The van der Waals surface area contributed by atoms with Crippen LogP contribution in [0.2, 0.25) is 0 Å². The number of aliphatic hydroxyl groups excluding tert-OH is 1. The van der Waals surface area contributed by atoms with Crippen LogP contribution in [0, 0.1) is 5.82 Å². The second kappa shape index (κ2) is 5.97. The minimum absolute atomic E-state index is 0.195. The lowest BCUT2D eigenvalue weighted by molar-refractivity contribution is -0.107. The molecule has 102 valence electrons. The van der Waals surface area contributed by atoms with E-state index in [4.69, 9.17) is 5.11 Å². The summed E-state index contributed by atoms with van der Waals surface area (Å²) in [6, 6.07) is 9.36. The molecule has 0 saturated heterocycles. The first-order chi connectivity index (χ1) is 9.58. The van der Waals surface area contributed by atoms with Gasteiger partial charge in [-0.15, -0.1) is 0 Å². The zero-order valence-electron chi connectivity index (χ0n) is 10.5. The number of aromatic amines is 1. The highest BCUT2D eigenvalue weighted by Crippen LogP contribution is 2.11. The van der Waals surface area contributed by atoms with E-state index < -0.39 is 11.5 Å². The lowest BCUT2D eigenvalue weighted by atomic mass is 10.1. The van der Waals surface area contributed by atoms with Gasteiger partial charge in [-0.1, -0.05) is 12.1 Å². The van der Waals surface area contributed by atoms with Gasteiger partial charge in [0.25, 0.3) is 0 Å². The van der Waals surface area contributed by atoms with Crippen LogP contribution in [0.1, 0.15) is 21.7 Å². The van der Waals surface area contributed by atoms with Crippen molar-refractivity contribution in [1.29, 1.82) is 0 Å². The first kappa shape index (κ1) is 13.7. The second-order valence-electron chi connectivity index (χ2n) is 4.25. The number of allylic oxidation sites excluding steroid dienone is 2. The molecule has 0 saturated carbocycles. The Morgan fingerprint density at radius 3 is 2.55 bits per heavy atom. The fourth-order valence-electron chi connectivity index (χ4n) is 1.76. The van der Waals surface area contributed by atoms with E-state index in [-0.39, 0.29) is 17.8 Å². The van der Waals surface area contributed by atoms with Gasteiger partial charge in [0.1, 0.15) is 5.82 Å². The van der Waals surface area contributed by atoms with Crippen molar-refractivity contribution in [1.82, 2.24) is 4.98 Å². The molecule has 0 aliphatic heterocycles. The molecule has 1 heterocycles. The summed E-state index contributed by atoms with van der Waals surface area (Å²) in [5.74, 6) is -1.41. The number of aliphatic hydroxyl groups is 1. The summed E-state index contributed by atoms with van der Waals surface area (Å²) in [5, 5.41) is 8.98. The fourth-order valence-corrected chi connectivity index (χ4v) is 1.76. The first-order valence-electron chi connectivity index (χ1n) is 5.91. The number of halogens is 1. The van der Waals surface area contributed by atoms with Crippen molar-refractivity contribution in [3.8, 4) is 0 Å². The van der Waals surface area contributed by atoms with E-state index in [1.807, 2.05) is 0 Å². The van der Waals surface area contributed by atoms with Crippen molar-refractivity contribution >= 4 is 12.1 Å². The first-order valence-corrected chi connectivity index (χ1v) is 5.91. The van der Waals surface area contributed by atoms with E-state index >= 15 is 0 Å². The summed E-state index contributed by atoms with van der Waals surface area (Å²) in [6.07, 6.45) is 1.57. The Labute approximate surface area is 114 Å². The Bertz CT molecular complexity index is 656. The predicted octanol–water partition coefficient (Wildman–Crippen LogP) is 2.57. The molecule has 0 amide bonds. The van der Waals surface area contributed by atoms with Gasteiger partial charge < -0.3 is 10.1 Å². The average molecular weight is 273 g/mol. The molecular formula is C15H12FNO3. The number of carbonyl (C=O) groups excluding carboxylic acids is 2. The largest absolute Gasteiger partial charge is 0.504 e. The van der Waals surface area contributed by atoms with Crippen LogP contribution >= 0.6 is 0 Å². The molecule has 4 nitrogen and oxygen atoms in total. The molecule has 0 atom stereocenters. The molecule has 2 aromatic rings. The SMILES string of the molecule is O=C/C(O)=C/C(=O)c1ccc(Cc2ccc(F)cc2)[nH]1. The minimum atomic E-state index is -0.621. The molecule has 2 rings (SSSR count). The van der Waals surface area contributed by atoms with Crippen LogP contribution in [0.5, 0.6) is 0 Å². The molecule has 0 radical (unpaired) electrons. The molecular weight excluding hydrogens is 261 g/mol. The van der Waals surface area contributed by atoms with Gasteiger partial charge in [-0.2, -0.15) is 0 Å². The molecule has 0 spiro atoms. The number of nitrogens with one attached hydrogen (secondary N) is 1. The van der Waals surface area contributed by atoms with Gasteiger partial charge in [0.15, 0.2) is 12.0 Å². The zero-order valence-corrected chi connectivity index (χ0v) is 10.5. The number of hydrogen-bond acceptors (Lipinski definition) is 3. The smallest absolute Gasteiger partial charge is 0.205 e. The predicted molar refractivity (Wildman–Crippen MR) is 71.1 cm³/mol. The number of aromatic nitrogens is 1. The highest BCUT2D eigenvalue weighted by atomic mass is 19.1. The average Bonchev–Trinajstić information content (AvgIpc) is 2.90. The molecule has 1 aromatic heterocycles. The maximum absolute atomic E-state index is 12.8. The van der Waals surface area contributed by atoms with Crippen molar-refractivity contribution in [3.63, 3.8) is 0 Å². The van der Waals surface area contributed by atoms with Gasteiger partial charge >= 0.3 is 0 Å². The number of carbonyl (C=O) groups is 2. The molecule has 2 N–H and O–H groups in total. The fraction of sp³-hybridized carbons (Fsp3) is 0.0667. The van der Waals surface area contributed by atoms with Gasteiger partial charge in [0.05, 0.1) is 5.69 Å². The Morgan fingerprint density at radius 1 is 1.20 bits per heavy atom. The third kappa shape index (κ3) is 3.41. The Kier molecular flexibility index (Phi) is 4.10. The molecule has 0 unspecified atom stereocenters. The number of aldehydes is 1. The van der Waals surface area contributed by atoms with Crippen molar-refractivity contribution in [2.45, 2.75) is 6.42 Å². The van der Waals surface area contributed by atoms with E-state index in [0.29, 0.717) is 6.42 Å². The van der Waals surface area contributed by atoms with Crippen molar-refractivity contribution in [2.24, 2.45) is 0 Å². The monoisotopic (exact) mass is 273 g/mol. The molecule has 0 aliphatic rings. The summed E-state index contributed by atoms with van der Waals surface area (Å²) >= 11 is 0. The summed E-state index contributed by atoms with van der Waals surface area (Å²) in [6.45, 7) is 0. The van der Waals surface area contributed by atoms with Crippen LogP contribution in [0.3, 0.4) is 0 Å². The van der Waals surface area contributed by atoms with E-state index in [1.54, 1.807) is 24.3 Å². The lowest BCUT2D eigenvalue weighted by Crippen LogP contribution is -1.98. The summed E-state index contributed by atoms with van der Waals surface area (Å²) in [4.78, 5) is 24.8. The van der Waals surface area contributed by atoms with Crippen LogP contribution in [-0.4, -0.2) is 22.2 Å². The van der Waals surface area contributed by atoms with Crippen LogP contribution < -0.4 is 0 Å². The van der Waals surface area contributed by atoms with Crippen molar-refractivity contribution in [3.05, 3.63) is 71.0 Å². The van der Waals surface area contributed by atoms with E-state index in [0.717, 1.165) is 17.3 Å². The maximum atomic E-state index is 12.8. The molecule has 0 aliphatic carbocycles. The normalized spacial score (nSPS) is 11.3. The summed E-state index contributed by atoms with van der Waals surface area (Å²) < 4.78 is 12.8. The minimum Gasteiger partial charge on any atom is -0.504 e. The molecule has 0 bridgehead atoms. The van der Waals surface area contributed by atoms with E-state index in [2.05, 4.69) is 4.98 Å². The summed E-state index contributed by atoms with van der Waals surface area (Å²) in [7, 11) is 0. The van der Waals surface area contributed by atoms with E-state index in [9.17, 15) is 14.0 Å². The van der Waals surface area contributed by atoms with Crippen LogP contribution in [0.25, 0.3) is 0 Å². The molecule has 5 heteroatoms. The molecule has 1 aromatic carbocycles. The number of benzene rings is 1. The summed E-state index contributed by atoms with van der Waals surface area (Å²) in [5.41, 5.74) is 1.95. The lowest BCUT2D eigenvalue weighted by Gasteiger charge is -1.99. The molecule has 0 fully saturated rings. The third-order valence-electron chi connectivity index (χ3n) is 2.72. The van der Waals surface area contributed by atoms with Gasteiger partial charge in [-0.25, -0.2) is 4.39 Å². The highest BCUT2D eigenvalue weighted by molar-refractivity contribution is 6.05. The number of ketones is 1. The van der Waals surface area contributed by atoms with E-state index in [1.165, 1.54) is 12.1 Å². The highest BCUT2D eigenvalue weighted by Gasteiger charge is 2.07. The Morgan fingerprint density at radius 2 is 1.90 bits per heavy atom. The standard InChI is InChI=1S/C15H12FNO3/c16-11-3-1-10(2-4-11)7-12-5-6-14(17-12)15(20)8-13(19)9-18/h1-6,8-9,17,19H,7H2/b13-8-. The van der Waals surface area contributed by atoms with Crippen LogP contribution in [0.15, 0.2) is 48.2 Å². The second-order valence-corrected chi connectivity index (χ2v) is 4.25. The van der Waals surface area contributed by atoms with Gasteiger partial charge in [0.2, 0.25) is 5.78 Å². The van der Waals surface area contributed by atoms with Gasteiger partial charge in [0, 0.05) is 18.2 Å². The van der Waals surface area contributed by atoms with Crippen LogP contribution in [0.4, 0.5) is 4.39 Å². The maximum Gasteiger partial charge on any atom is 0.205 e. The quantitative estimate of drug-likeness (QED) is 0.380. The number of hydrogen-bond donors (Lipinski definition) is 2. The topological polar surface area (TPSA) is 70.2 Å². The zero-order chi connectivity index (χ0) is 14.5. The van der Waals surface area contributed by atoms with Crippen molar-refractivity contribution in [2.75, 3.05) is 0 Å². The van der Waals surface area contributed by atoms with Crippen LogP contribution in [-0.2, 0) is 11.2 Å². The Hall–Kier alpha value is -2.69. The van der Waals surface area contributed by atoms with Gasteiger partial charge in [-0.05, 0) is 29.8 Å². The van der Waals surface area contributed by atoms with Gasteiger partial charge in [-0.3, -0.25) is 9.59 Å². The number of H-pyrrole nitrogens is 1.